The molecule has 23 heavy (non-hydrogen) atoms. The molecule has 0 radical (unpaired) electrons. The lowest BCUT2D eigenvalue weighted by Crippen LogP contribution is -2.45. The minimum atomic E-state index is -0.374. The third-order valence-corrected chi connectivity index (χ3v) is 4.35. The van der Waals surface area contributed by atoms with Crippen LogP contribution in [-0.2, 0) is 9.47 Å². The van der Waals surface area contributed by atoms with Crippen LogP contribution in [0, 0.1) is 5.92 Å². The summed E-state index contributed by atoms with van der Waals surface area (Å²) < 4.78 is 11.5. The number of carbonyl (C=O) groups excluding carboxylic acids is 1. The number of aromatic nitrogens is 1. The van der Waals surface area contributed by atoms with Crippen LogP contribution in [0.5, 0.6) is 0 Å². The second kappa shape index (κ2) is 6.84. The molecule has 1 amide bonds. The Hall–Kier alpha value is -1.66. The first-order valence-corrected chi connectivity index (χ1v) is 8.35. The first kappa shape index (κ1) is 16.2. The van der Waals surface area contributed by atoms with E-state index in [-0.39, 0.29) is 11.7 Å². The zero-order valence-electron chi connectivity index (χ0n) is 13.9. The Labute approximate surface area is 137 Å². The third-order valence-electron chi connectivity index (χ3n) is 4.35. The van der Waals surface area contributed by atoms with Gasteiger partial charge in [-0.05, 0) is 18.1 Å². The lowest BCUT2D eigenvalue weighted by molar-refractivity contribution is -0.169. The maximum atomic E-state index is 12.2. The zero-order valence-corrected chi connectivity index (χ0v) is 13.9. The van der Waals surface area contributed by atoms with Gasteiger partial charge in [-0.2, -0.15) is 0 Å². The quantitative estimate of drug-likeness (QED) is 0.917. The summed E-state index contributed by atoms with van der Waals surface area (Å²) in [6.45, 7) is 7.90. The third kappa shape index (κ3) is 3.82. The summed E-state index contributed by atoms with van der Waals surface area (Å²) >= 11 is 0. The number of nitrogens with zero attached hydrogens (tertiary/aromatic N) is 2. The van der Waals surface area contributed by atoms with E-state index in [9.17, 15) is 4.79 Å². The number of anilines is 1. The fourth-order valence-electron chi connectivity index (χ4n) is 3.02. The van der Waals surface area contributed by atoms with Gasteiger partial charge in [0.15, 0.2) is 5.79 Å². The van der Waals surface area contributed by atoms with Gasteiger partial charge in [0, 0.05) is 44.4 Å². The van der Waals surface area contributed by atoms with Crippen LogP contribution in [0.15, 0.2) is 18.3 Å². The zero-order chi connectivity index (χ0) is 16.3. The van der Waals surface area contributed by atoms with Gasteiger partial charge >= 0.3 is 0 Å². The standard InChI is InChI=1S/C17H25N3O3/c1-13(2)12-19-16(21)15-11-14(3-6-18-15)20-7-4-17(5-8-20)22-9-10-23-17/h3,6,11,13H,4-5,7-10,12H2,1-2H3,(H,19,21). The first-order valence-electron chi connectivity index (χ1n) is 8.35. The molecule has 3 rings (SSSR count). The molecule has 2 saturated heterocycles. The van der Waals surface area contributed by atoms with E-state index in [1.807, 2.05) is 12.1 Å². The fourth-order valence-corrected chi connectivity index (χ4v) is 3.02. The average molecular weight is 319 g/mol. The monoisotopic (exact) mass is 319 g/mol. The number of rotatable bonds is 4. The van der Waals surface area contributed by atoms with Crippen LogP contribution in [0.2, 0.25) is 0 Å². The van der Waals surface area contributed by atoms with Crippen LogP contribution in [0.3, 0.4) is 0 Å². The number of hydrogen-bond acceptors (Lipinski definition) is 5. The van der Waals surface area contributed by atoms with E-state index in [4.69, 9.17) is 9.47 Å². The number of nitrogens with one attached hydrogen (secondary N) is 1. The van der Waals surface area contributed by atoms with Crippen LogP contribution in [0.1, 0.15) is 37.2 Å². The van der Waals surface area contributed by atoms with E-state index in [1.165, 1.54) is 0 Å². The maximum Gasteiger partial charge on any atom is 0.269 e. The summed E-state index contributed by atoms with van der Waals surface area (Å²) in [5, 5.41) is 2.91. The highest BCUT2D eigenvalue weighted by atomic mass is 16.7. The molecule has 1 aromatic rings. The first-order chi connectivity index (χ1) is 11.1. The number of carbonyl (C=O) groups is 1. The van der Waals surface area contributed by atoms with Crippen molar-refractivity contribution in [2.24, 2.45) is 5.92 Å². The molecule has 0 aromatic carbocycles. The summed E-state index contributed by atoms with van der Waals surface area (Å²) in [7, 11) is 0. The topological polar surface area (TPSA) is 63.7 Å². The minimum Gasteiger partial charge on any atom is -0.371 e. The molecule has 1 N–H and O–H groups in total. The predicted molar refractivity (Wildman–Crippen MR) is 87.5 cm³/mol. The van der Waals surface area contributed by atoms with E-state index in [0.717, 1.165) is 31.6 Å². The predicted octanol–water partition coefficient (Wildman–Crippen LogP) is 1.81. The Morgan fingerprint density at radius 2 is 2.04 bits per heavy atom. The Balaban J connectivity index is 1.62. The molecule has 1 aromatic heterocycles. The van der Waals surface area contributed by atoms with E-state index < -0.39 is 0 Å². The van der Waals surface area contributed by atoms with Crippen molar-refractivity contribution in [2.45, 2.75) is 32.5 Å². The summed E-state index contributed by atoms with van der Waals surface area (Å²) in [5.74, 6) is -0.0654. The molecule has 0 bridgehead atoms. The lowest BCUT2D eigenvalue weighted by atomic mass is 10.0. The smallest absolute Gasteiger partial charge is 0.269 e. The van der Waals surface area contributed by atoms with Crippen molar-refractivity contribution in [3.05, 3.63) is 24.0 Å². The summed E-state index contributed by atoms with van der Waals surface area (Å²) in [5.41, 5.74) is 1.50. The highest BCUT2D eigenvalue weighted by molar-refractivity contribution is 5.93. The van der Waals surface area contributed by atoms with Gasteiger partial charge in [0.05, 0.1) is 13.2 Å². The molecule has 0 saturated carbocycles. The van der Waals surface area contributed by atoms with Crippen LogP contribution >= 0.6 is 0 Å². The Bertz CT molecular complexity index is 546. The van der Waals surface area contributed by atoms with Gasteiger partial charge in [0.2, 0.25) is 0 Å². The van der Waals surface area contributed by atoms with E-state index in [2.05, 4.69) is 29.0 Å². The van der Waals surface area contributed by atoms with Crippen molar-refractivity contribution in [1.29, 1.82) is 0 Å². The molecule has 0 unspecified atom stereocenters. The molecule has 0 atom stereocenters. The van der Waals surface area contributed by atoms with Crippen LogP contribution in [0.25, 0.3) is 0 Å². The lowest BCUT2D eigenvalue weighted by Gasteiger charge is -2.38. The summed E-state index contributed by atoms with van der Waals surface area (Å²) in [6, 6.07) is 3.82. The highest BCUT2D eigenvalue weighted by Gasteiger charge is 2.39. The molecule has 1 spiro atoms. The van der Waals surface area contributed by atoms with Crippen LogP contribution in [0.4, 0.5) is 5.69 Å². The second-order valence-corrected chi connectivity index (χ2v) is 6.60. The largest absolute Gasteiger partial charge is 0.371 e. The highest BCUT2D eigenvalue weighted by Crippen LogP contribution is 2.33. The Kier molecular flexibility index (Phi) is 4.82. The van der Waals surface area contributed by atoms with Gasteiger partial charge < -0.3 is 19.7 Å². The Morgan fingerprint density at radius 3 is 2.70 bits per heavy atom. The van der Waals surface area contributed by atoms with Crippen molar-refractivity contribution in [2.75, 3.05) is 37.7 Å². The van der Waals surface area contributed by atoms with Gasteiger partial charge in [-0.3, -0.25) is 9.78 Å². The van der Waals surface area contributed by atoms with Gasteiger partial charge in [-0.25, -0.2) is 0 Å². The van der Waals surface area contributed by atoms with Crippen molar-refractivity contribution < 1.29 is 14.3 Å². The van der Waals surface area contributed by atoms with E-state index in [1.54, 1.807) is 6.20 Å². The van der Waals surface area contributed by atoms with Gasteiger partial charge in [0.1, 0.15) is 5.69 Å². The molecule has 2 aliphatic heterocycles. The maximum absolute atomic E-state index is 12.2. The van der Waals surface area contributed by atoms with Crippen LogP contribution < -0.4 is 10.2 Å². The molecular formula is C17H25N3O3. The SMILES string of the molecule is CC(C)CNC(=O)c1cc(N2CCC3(CC2)OCCO3)ccn1. The molecule has 2 aliphatic rings. The summed E-state index contributed by atoms with van der Waals surface area (Å²) in [6.07, 6.45) is 3.40. The van der Waals surface area contributed by atoms with Gasteiger partial charge in [-0.1, -0.05) is 13.8 Å². The van der Waals surface area contributed by atoms with E-state index >= 15 is 0 Å². The average Bonchev–Trinajstić information content (AvgIpc) is 3.01. The van der Waals surface area contributed by atoms with E-state index in [0.29, 0.717) is 31.4 Å². The van der Waals surface area contributed by atoms with Gasteiger partial charge in [-0.15, -0.1) is 0 Å². The second-order valence-electron chi connectivity index (χ2n) is 6.60. The normalized spacial score (nSPS) is 20.2. The van der Waals surface area contributed by atoms with Crippen molar-refractivity contribution in [1.82, 2.24) is 10.3 Å². The summed E-state index contributed by atoms with van der Waals surface area (Å²) in [4.78, 5) is 18.6. The van der Waals surface area contributed by atoms with Crippen molar-refractivity contribution in [3.63, 3.8) is 0 Å². The molecule has 6 nitrogen and oxygen atoms in total. The molecule has 126 valence electrons. The Morgan fingerprint density at radius 1 is 1.35 bits per heavy atom. The molecular weight excluding hydrogens is 294 g/mol. The number of amides is 1. The molecule has 0 aliphatic carbocycles. The fraction of sp³-hybridized carbons (Fsp3) is 0.647. The van der Waals surface area contributed by atoms with Crippen molar-refractivity contribution >= 4 is 11.6 Å². The number of hydrogen-bond donors (Lipinski definition) is 1. The molecule has 2 fully saturated rings. The molecule has 6 heteroatoms. The molecule has 3 heterocycles. The van der Waals surface area contributed by atoms with Gasteiger partial charge in [0.25, 0.3) is 5.91 Å². The minimum absolute atomic E-state index is 0.114. The number of pyridine rings is 1. The van der Waals surface area contributed by atoms with Crippen molar-refractivity contribution in [3.8, 4) is 0 Å². The number of ether oxygens (including phenoxy) is 2. The number of piperidine rings is 1. The van der Waals surface area contributed by atoms with Crippen LogP contribution in [-0.4, -0.2) is 49.5 Å².